The van der Waals surface area contributed by atoms with Crippen LogP contribution in [0.15, 0.2) is 66.9 Å². The number of rotatable bonds is 12. The standard InChI is InChI=1S/C48H55FN10O6S/c1-25(2)40(55-47(62)63)45(60)57-20-6-8-37(57)42-51-31-16-12-28(22-33(31)53-42)35-18-19-36(59(35)39-24-50-44(66-39)27-10-14-30(49)15-11-27)29-13-17-32-34(23-29)54-43(52-32)38-9-7-21-58(38)46(61)41(26(3)4)56-48(64)65-5/h10-17,22-26,35-38,40-41,55H,6-9,18-21H2,1-5H3,(H,51,53)(H,52,54)(H,56,64)(H,62,63)/t35-,36-,37+,38+,40+,41+/m1/s1. The monoisotopic (exact) mass is 918 g/mol. The van der Waals surface area contributed by atoms with Crippen molar-refractivity contribution in [1.82, 2.24) is 45.4 Å². The molecule has 3 aromatic carbocycles. The first-order valence-electron chi connectivity index (χ1n) is 22.7. The molecule has 0 bridgehead atoms. The van der Waals surface area contributed by atoms with Crippen LogP contribution in [0.5, 0.6) is 0 Å². The van der Waals surface area contributed by atoms with Gasteiger partial charge in [0, 0.05) is 18.7 Å². The summed E-state index contributed by atoms with van der Waals surface area (Å²) in [7, 11) is 1.29. The molecule has 6 aromatic rings. The van der Waals surface area contributed by atoms with Crippen LogP contribution in [0.3, 0.4) is 0 Å². The summed E-state index contributed by atoms with van der Waals surface area (Å²) in [5, 5.41) is 16.3. The Morgan fingerprint density at radius 1 is 0.742 bits per heavy atom. The Labute approximate surface area is 385 Å². The van der Waals surface area contributed by atoms with E-state index < -0.39 is 24.3 Å². The number of halogens is 1. The number of thiazole rings is 1. The number of alkyl carbamates (subject to hydrolysis) is 1. The van der Waals surface area contributed by atoms with E-state index in [1.807, 2.05) is 50.9 Å². The van der Waals surface area contributed by atoms with Crippen LogP contribution in [0, 0.1) is 17.7 Å². The first kappa shape index (κ1) is 44.6. The number of hydrogen-bond acceptors (Lipinski definition) is 10. The van der Waals surface area contributed by atoms with Crippen molar-refractivity contribution in [3.8, 4) is 10.6 Å². The maximum Gasteiger partial charge on any atom is 0.407 e. The normalized spacial score (nSPS) is 20.8. The predicted octanol–water partition coefficient (Wildman–Crippen LogP) is 8.78. The van der Waals surface area contributed by atoms with Crippen LogP contribution in [0.25, 0.3) is 32.6 Å². The summed E-state index contributed by atoms with van der Waals surface area (Å²) in [6.45, 7) is 8.53. The van der Waals surface area contributed by atoms with E-state index in [0.29, 0.717) is 31.2 Å². The molecule has 16 nitrogen and oxygen atoms in total. The van der Waals surface area contributed by atoms with E-state index >= 15 is 0 Å². The van der Waals surface area contributed by atoms with Crippen LogP contribution in [-0.2, 0) is 14.3 Å². The van der Waals surface area contributed by atoms with E-state index in [2.05, 4.69) is 49.8 Å². The topological polar surface area (TPSA) is 202 Å². The zero-order valence-corrected chi connectivity index (χ0v) is 38.4. The molecule has 18 heteroatoms. The van der Waals surface area contributed by atoms with Crippen molar-refractivity contribution in [3.63, 3.8) is 0 Å². The molecule has 346 valence electrons. The molecular weight excluding hydrogens is 864 g/mol. The molecule has 3 aromatic heterocycles. The van der Waals surface area contributed by atoms with Crippen molar-refractivity contribution < 1.29 is 33.4 Å². The van der Waals surface area contributed by atoms with Gasteiger partial charge in [-0.25, -0.2) is 28.9 Å². The zero-order chi connectivity index (χ0) is 46.4. The Hall–Kier alpha value is -6.56. The molecule has 3 aliphatic heterocycles. The van der Waals surface area contributed by atoms with Crippen molar-refractivity contribution in [1.29, 1.82) is 0 Å². The van der Waals surface area contributed by atoms with E-state index in [0.717, 1.165) is 80.9 Å². The second-order valence-electron chi connectivity index (χ2n) is 18.2. The SMILES string of the molecule is COC(=O)N[C@H](C(=O)N1CCC[C@H]1c1nc2ccc([C@H]3CC[C@H](c4ccc5nc([C@@H]6CCCN6C(=O)[C@@H](NC(=O)O)C(C)C)[nH]c5c4)N3c3cnc(-c4ccc(F)cc4)s3)cc2[nH]1)C(C)C. The van der Waals surface area contributed by atoms with Crippen LogP contribution < -0.4 is 15.5 Å². The third kappa shape index (κ3) is 8.65. The highest BCUT2D eigenvalue weighted by Crippen LogP contribution is 2.50. The lowest BCUT2D eigenvalue weighted by Crippen LogP contribution is -2.51. The minimum Gasteiger partial charge on any atom is -0.465 e. The number of carbonyl (C=O) groups is 4. The van der Waals surface area contributed by atoms with E-state index in [9.17, 15) is 28.7 Å². The van der Waals surface area contributed by atoms with Crippen LogP contribution in [-0.4, -0.2) is 96.1 Å². The number of carbonyl (C=O) groups excluding carboxylic acids is 3. The maximum absolute atomic E-state index is 13.9. The molecule has 3 aliphatic rings. The molecule has 0 radical (unpaired) electrons. The van der Waals surface area contributed by atoms with Crippen molar-refractivity contribution in [2.75, 3.05) is 25.1 Å². The van der Waals surface area contributed by atoms with Gasteiger partial charge < -0.3 is 45.1 Å². The van der Waals surface area contributed by atoms with Gasteiger partial charge >= 0.3 is 12.2 Å². The van der Waals surface area contributed by atoms with Gasteiger partial charge in [0.25, 0.3) is 0 Å². The molecule has 0 saturated carbocycles. The quantitative estimate of drug-likeness (QED) is 0.0790. The summed E-state index contributed by atoms with van der Waals surface area (Å²) in [5.41, 5.74) is 6.27. The van der Waals surface area contributed by atoms with Crippen molar-refractivity contribution >= 4 is 62.4 Å². The number of nitrogens with zero attached hydrogens (tertiary/aromatic N) is 6. The molecule has 3 fully saturated rings. The zero-order valence-electron chi connectivity index (χ0n) is 37.6. The van der Waals surface area contributed by atoms with Crippen molar-refractivity contribution in [3.05, 3.63) is 95.5 Å². The predicted molar refractivity (Wildman–Crippen MR) is 248 cm³/mol. The van der Waals surface area contributed by atoms with E-state index in [-0.39, 0.29) is 53.6 Å². The number of aromatic nitrogens is 5. The fourth-order valence-electron chi connectivity index (χ4n) is 10.0. The number of likely N-dealkylation sites (tertiary alicyclic amines) is 2. The highest BCUT2D eigenvalue weighted by atomic mass is 32.1. The second kappa shape index (κ2) is 18.4. The summed E-state index contributed by atoms with van der Waals surface area (Å²) in [4.78, 5) is 79.2. The number of amides is 4. The van der Waals surface area contributed by atoms with Gasteiger partial charge in [-0.05, 0) is 110 Å². The molecule has 5 N–H and O–H groups in total. The molecule has 3 saturated heterocycles. The highest BCUT2D eigenvalue weighted by Gasteiger charge is 2.41. The summed E-state index contributed by atoms with van der Waals surface area (Å²) < 4.78 is 18.8. The van der Waals surface area contributed by atoms with Gasteiger partial charge in [-0.1, -0.05) is 51.2 Å². The average Bonchev–Trinajstić information content (AvgIpc) is 4.16. The minimum absolute atomic E-state index is 0.0483. The molecule has 4 amide bonds. The fourth-order valence-corrected chi connectivity index (χ4v) is 11.1. The van der Waals surface area contributed by atoms with Crippen molar-refractivity contribution in [2.45, 2.75) is 102 Å². The van der Waals surface area contributed by atoms with Gasteiger partial charge in [-0.3, -0.25) is 9.59 Å². The first-order chi connectivity index (χ1) is 31.8. The smallest absolute Gasteiger partial charge is 0.407 e. The van der Waals surface area contributed by atoms with Gasteiger partial charge in [0.15, 0.2) is 0 Å². The van der Waals surface area contributed by atoms with Crippen LogP contribution in [0.4, 0.5) is 19.0 Å². The lowest BCUT2D eigenvalue weighted by atomic mass is 10.0. The number of anilines is 1. The first-order valence-corrected chi connectivity index (χ1v) is 23.5. The third-order valence-electron chi connectivity index (χ3n) is 13.3. The number of fused-ring (bicyclic) bond motifs is 2. The molecule has 0 aliphatic carbocycles. The van der Waals surface area contributed by atoms with Crippen LogP contribution in [0.1, 0.15) is 113 Å². The summed E-state index contributed by atoms with van der Waals surface area (Å²) in [5.74, 6) is 0.280. The third-order valence-corrected chi connectivity index (χ3v) is 14.4. The van der Waals surface area contributed by atoms with Crippen LogP contribution in [0.2, 0.25) is 0 Å². The maximum atomic E-state index is 13.9. The van der Waals surface area contributed by atoms with E-state index in [1.165, 1.54) is 19.2 Å². The fraction of sp³-hybridized carbons (Fsp3) is 0.438. The number of nitrogens with one attached hydrogen (secondary N) is 4. The Bertz CT molecular complexity index is 2770. The number of methoxy groups -OCH3 is 1. The Balaban J connectivity index is 1.02. The molecule has 6 heterocycles. The van der Waals surface area contributed by atoms with Gasteiger partial charge in [-0.15, -0.1) is 0 Å². The van der Waals surface area contributed by atoms with Gasteiger partial charge in [0.05, 0.1) is 59.5 Å². The minimum atomic E-state index is -1.23. The molecule has 0 spiro atoms. The highest BCUT2D eigenvalue weighted by molar-refractivity contribution is 7.18. The molecule has 6 atom stereocenters. The van der Waals surface area contributed by atoms with E-state index in [1.54, 1.807) is 28.4 Å². The summed E-state index contributed by atoms with van der Waals surface area (Å²) >= 11 is 1.56. The van der Waals surface area contributed by atoms with Crippen LogP contribution >= 0.6 is 11.3 Å². The second-order valence-corrected chi connectivity index (χ2v) is 19.2. The Morgan fingerprint density at radius 3 is 1.74 bits per heavy atom. The molecule has 66 heavy (non-hydrogen) atoms. The number of ether oxygens (including phenoxy) is 1. The summed E-state index contributed by atoms with van der Waals surface area (Å²) in [6.07, 6.45) is 4.73. The largest absolute Gasteiger partial charge is 0.465 e. The number of carboxylic acid groups (broad SMARTS) is 1. The number of benzene rings is 3. The summed E-state index contributed by atoms with van der Waals surface area (Å²) in [6, 6.07) is 16.7. The van der Waals surface area contributed by atoms with Gasteiger partial charge in [0.2, 0.25) is 11.8 Å². The number of aromatic amines is 2. The van der Waals surface area contributed by atoms with E-state index in [4.69, 9.17) is 19.7 Å². The molecular formula is C48H55FN10O6S. The number of hydrogen-bond donors (Lipinski definition) is 5. The average molecular weight is 919 g/mol. The number of imidazole rings is 2. The lowest BCUT2D eigenvalue weighted by Gasteiger charge is -2.31. The Morgan fingerprint density at radius 2 is 1.26 bits per heavy atom. The molecule has 9 rings (SSSR count). The molecule has 0 unspecified atom stereocenters. The number of H-pyrrole nitrogens is 2. The van der Waals surface area contributed by atoms with Crippen molar-refractivity contribution in [2.24, 2.45) is 11.8 Å². The Kier molecular flexibility index (Phi) is 12.4. The van der Waals surface area contributed by atoms with Gasteiger partial charge in [0.1, 0.15) is 39.6 Å². The lowest BCUT2D eigenvalue weighted by molar-refractivity contribution is -0.136. The van der Waals surface area contributed by atoms with Gasteiger partial charge in [-0.2, -0.15) is 0 Å².